The Labute approximate surface area is 122 Å². The van der Waals surface area contributed by atoms with Crippen molar-refractivity contribution in [1.29, 1.82) is 0 Å². The molecule has 0 radical (unpaired) electrons. The number of hydrazine groups is 1. The SMILES string of the molecule is C=C/C=C(F)\C=C/CCNN(C=C)CC1CCCCC1. The van der Waals surface area contributed by atoms with Gasteiger partial charge in [0, 0.05) is 19.3 Å². The fraction of sp³-hybridized carbons (Fsp3) is 0.529. The van der Waals surface area contributed by atoms with E-state index in [0.29, 0.717) is 0 Å². The van der Waals surface area contributed by atoms with E-state index >= 15 is 0 Å². The third-order valence-electron chi connectivity index (χ3n) is 3.58. The van der Waals surface area contributed by atoms with Crippen LogP contribution in [0.25, 0.3) is 0 Å². The zero-order valence-corrected chi connectivity index (χ0v) is 12.4. The standard InChI is InChI=1S/C17H27FN2/c1-3-10-17(18)13-8-9-14-19-20(4-2)15-16-11-6-5-7-12-16/h3-4,8,10,13,16,19H,1-2,5-7,9,11-12,14-15H2/b13-8-,17-10+. The van der Waals surface area contributed by atoms with Gasteiger partial charge in [0.05, 0.1) is 0 Å². The van der Waals surface area contributed by atoms with E-state index in [9.17, 15) is 4.39 Å². The summed E-state index contributed by atoms with van der Waals surface area (Å²) in [5, 5.41) is 2.07. The van der Waals surface area contributed by atoms with Crippen molar-refractivity contribution in [3.05, 3.63) is 49.5 Å². The van der Waals surface area contributed by atoms with Gasteiger partial charge < -0.3 is 5.01 Å². The normalized spacial score (nSPS) is 17.4. The molecule has 0 unspecified atom stereocenters. The first-order valence-corrected chi connectivity index (χ1v) is 7.53. The summed E-state index contributed by atoms with van der Waals surface area (Å²) in [6.07, 6.45) is 15.5. The molecule has 0 aliphatic heterocycles. The highest BCUT2D eigenvalue weighted by atomic mass is 19.1. The van der Waals surface area contributed by atoms with Crippen molar-refractivity contribution < 1.29 is 4.39 Å². The fourth-order valence-electron chi connectivity index (χ4n) is 2.51. The lowest BCUT2D eigenvalue weighted by Gasteiger charge is -2.28. The molecule has 3 heteroatoms. The van der Waals surface area contributed by atoms with Crippen LogP contribution in [0.15, 0.2) is 49.5 Å². The highest BCUT2D eigenvalue weighted by molar-refractivity contribution is 5.15. The highest BCUT2D eigenvalue weighted by Crippen LogP contribution is 2.23. The summed E-state index contributed by atoms with van der Waals surface area (Å²) in [6, 6.07) is 0. The summed E-state index contributed by atoms with van der Waals surface area (Å²) in [6.45, 7) is 9.11. The number of hydrogen-bond acceptors (Lipinski definition) is 2. The number of nitrogens with one attached hydrogen (secondary N) is 1. The molecule has 1 aliphatic carbocycles. The number of hydrogen-bond donors (Lipinski definition) is 1. The molecule has 1 aliphatic rings. The smallest absolute Gasteiger partial charge is 0.122 e. The van der Waals surface area contributed by atoms with E-state index in [1.54, 1.807) is 0 Å². The molecule has 0 aromatic heterocycles. The maximum absolute atomic E-state index is 13.0. The molecule has 0 heterocycles. The largest absolute Gasteiger partial charge is 0.316 e. The van der Waals surface area contributed by atoms with Gasteiger partial charge in [-0.15, -0.1) is 0 Å². The van der Waals surface area contributed by atoms with Crippen LogP contribution in [0.2, 0.25) is 0 Å². The first-order chi connectivity index (χ1) is 9.76. The van der Waals surface area contributed by atoms with Crippen LogP contribution in [0.5, 0.6) is 0 Å². The molecule has 0 amide bonds. The summed E-state index contributed by atoms with van der Waals surface area (Å²) in [5.74, 6) is 0.514. The van der Waals surface area contributed by atoms with E-state index in [-0.39, 0.29) is 5.83 Å². The van der Waals surface area contributed by atoms with Gasteiger partial charge in [-0.05, 0) is 37.3 Å². The maximum Gasteiger partial charge on any atom is 0.122 e. The summed E-state index contributed by atoms with van der Waals surface area (Å²) in [7, 11) is 0. The van der Waals surface area contributed by atoms with Gasteiger partial charge in [0.1, 0.15) is 5.83 Å². The van der Waals surface area contributed by atoms with Gasteiger partial charge in [-0.2, -0.15) is 0 Å². The van der Waals surface area contributed by atoms with Crippen molar-refractivity contribution in [3.8, 4) is 0 Å². The van der Waals surface area contributed by atoms with Gasteiger partial charge in [0.2, 0.25) is 0 Å². The second-order valence-electron chi connectivity index (χ2n) is 5.23. The maximum atomic E-state index is 13.0. The van der Waals surface area contributed by atoms with Crippen LogP contribution < -0.4 is 5.43 Å². The second kappa shape index (κ2) is 10.4. The molecule has 1 rings (SSSR count). The minimum Gasteiger partial charge on any atom is -0.316 e. The van der Waals surface area contributed by atoms with Gasteiger partial charge in [0.15, 0.2) is 0 Å². The lowest BCUT2D eigenvalue weighted by molar-refractivity contribution is 0.201. The molecule has 20 heavy (non-hydrogen) atoms. The summed E-state index contributed by atoms with van der Waals surface area (Å²) in [5.41, 5.74) is 3.32. The Balaban J connectivity index is 2.19. The van der Waals surface area contributed by atoms with E-state index in [0.717, 1.165) is 25.4 Å². The Morgan fingerprint density at radius 3 is 2.65 bits per heavy atom. The molecule has 2 nitrogen and oxygen atoms in total. The second-order valence-corrected chi connectivity index (χ2v) is 5.23. The first kappa shape index (κ1) is 16.7. The lowest BCUT2D eigenvalue weighted by atomic mass is 9.89. The number of halogens is 1. The monoisotopic (exact) mass is 278 g/mol. The number of allylic oxidation sites excluding steroid dienone is 4. The number of rotatable bonds is 9. The minimum absolute atomic E-state index is 0.261. The predicted octanol–water partition coefficient (Wildman–Crippen LogP) is 4.50. The van der Waals surface area contributed by atoms with Crippen molar-refractivity contribution in [2.75, 3.05) is 13.1 Å². The topological polar surface area (TPSA) is 15.3 Å². The average molecular weight is 278 g/mol. The Bertz CT molecular complexity index is 341. The third kappa shape index (κ3) is 7.29. The Hall–Kier alpha value is -1.35. The Morgan fingerprint density at radius 2 is 2.00 bits per heavy atom. The summed E-state index contributed by atoms with van der Waals surface area (Å²) < 4.78 is 13.0. The third-order valence-corrected chi connectivity index (χ3v) is 3.58. The van der Waals surface area contributed by atoms with E-state index in [1.807, 2.05) is 12.3 Å². The molecular formula is C17H27FN2. The molecule has 1 N–H and O–H groups in total. The summed E-state index contributed by atoms with van der Waals surface area (Å²) >= 11 is 0. The molecule has 0 bridgehead atoms. The molecular weight excluding hydrogens is 251 g/mol. The Kier molecular flexibility index (Phi) is 8.72. The van der Waals surface area contributed by atoms with Crippen LogP contribution in [0.4, 0.5) is 4.39 Å². The van der Waals surface area contributed by atoms with Crippen molar-refractivity contribution in [1.82, 2.24) is 10.4 Å². The average Bonchev–Trinajstić information content (AvgIpc) is 2.47. The van der Waals surface area contributed by atoms with Gasteiger partial charge in [0.25, 0.3) is 0 Å². The quantitative estimate of drug-likeness (QED) is 0.379. The van der Waals surface area contributed by atoms with Crippen LogP contribution in [0, 0.1) is 5.92 Å². The van der Waals surface area contributed by atoms with Crippen LogP contribution in [-0.2, 0) is 0 Å². The van der Waals surface area contributed by atoms with Crippen molar-refractivity contribution in [2.24, 2.45) is 5.92 Å². The number of nitrogens with zero attached hydrogens (tertiary/aromatic N) is 1. The van der Waals surface area contributed by atoms with E-state index < -0.39 is 0 Å². The van der Waals surface area contributed by atoms with Gasteiger partial charge in [-0.25, -0.2) is 9.82 Å². The van der Waals surface area contributed by atoms with Crippen LogP contribution in [-0.4, -0.2) is 18.1 Å². The summed E-state index contributed by atoms with van der Waals surface area (Å²) in [4.78, 5) is 0. The zero-order valence-electron chi connectivity index (χ0n) is 12.4. The van der Waals surface area contributed by atoms with Crippen molar-refractivity contribution in [2.45, 2.75) is 38.5 Å². The lowest BCUT2D eigenvalue weighted by Crippen LogP contribution is -2.38. The van der Waals surface area contributed by atoms with E-state index in [4.69, 9.17) is 0 Å². The van der Waals surface area contributed by atoms with Crippen molar-refractivity contribution in [3.63, 3.8) is 0 Å². The van der Waals surface area contributed by atoms with Crippen molar-refractivity contribution >= 4 is 0 Å². The highest BCUT2D eigenvalue weighted by Gasteiger charge is 2.15. The predicted molar refractivity (Wildman–Crippen MR) is 84.6 cm³/mol. The molecule has 0 aromatic rings. The zero-order chi connectivity index (χ0) is 14.6. The van der Waals surface area contributed by atoms with Crippen LogP contribution in [0.1, 0.15) is 38.5 Å². The van der Waals surface area contributed by atoms with Crippen LogP contribution in [0.3, 0.4) is 0 Å². The molecule has 112 valence electrons. The Morgan fingerprint density at radius 1 is 1.25 bits per heavy atom. The van der Waals surface area contributed by atoms with E-state index in [2.05, 4.69) is 23.6 Å². The molecule has 1 saturated carbocycles. The molecule has 0 aromatic carbocycles. The van der Waals surface area contributed by atoms with E-state index in [1.165, 1.54) is 50.3 Å². The van der Waals surface area contributed by atoms with Gasteiger partial charge in [-0.1, -0.05) is 44.6 Å². The molecule has 1 fully saturated rings. The molecule has 0 saturated heterocycles. The molecule has 0 spiro atoms. The van der Waals surface area contributed by atoms with Gasteiger partial charge >= 0.3 is 0 Å². The van der Waals surface area contributed by atoms with Gasteiger partial charge in [-0.3, -0.25) is 0 Å². The minimum atomic E-state index is -0.261. The van der Waals surface area contributed by atoms with Crippen LogP contribution >= 0.6 is 0 Å². The first-order valence-electron chi connectivity index (χ1n) is 7.53. The fourth-order valence-corrected chi connectivity index (χ4v) is 2.51. The molecule has 0 atom stereocenters.